The maximum atomic E-state index is 6.04. The number of nitrogens with one attached hydrogen (secondary N) is 1. The molecule has 1 N–H and O–H groups in total. The minimum absolute atomic E-state index is 0.477. The third-order valence-corrected chi connectivity index (χ3v) is 7.00. The second kappa shape index (κ2) is 5.04. The fourth-order valence-corrected chi connectivity index (χ4v) is 5.74. The molecule has 5 rings (SSSR count). The van der Waals surface area contributed by atoms with Crippen molar-refractivity contribution >= 4 is 11.3 Å². The van der Waals surface area contributed by atoms with Crippen molar-refractivity contribution in [2.45, 2.75) is 81.5 Å². The minimum atomic E-state index is 0.477. The van der Waals surface area contributed by atoms with Crippen LogP contribution in [0.3, 0.4) is 0 Å². The van der Waals surface area contributed by atoms with Gasteiger partial charge in [0.15, 0.2) is 0 Å². The molecule has 4 atom stereocenters. The molecule has 2 aliphatic heterocycles. The van der Waals surface area contributed by atoms with Crippen molar-refractivity contribution in [2.75, 3.05) is 6.54 Å². The number of aromatic nitrogens is 1. The molecule has 4 aliphatic rings. The van der Waals surface area contributed by atoms with Gasteiger partial charge in [0, 0.05) is 29.3 Å². The molecule has 2 saturated heterocycles. The highest BCUT2D eigenvalue weighted by atomic mass is 32.1. The Morgan fingerprint density at radius 1 is 1.19 bits per heavy atom. The van der Waals surface area contributed by atoms with E-state index in [4.69, 9.17) is 9.72 Å². The van der Waals surface area contributed by atoms with E-state index in [1.807, 2.05) is 11.3 Å². The molecule has 0 spiro atoms. The smallest absolute Gasteiger partial charge is 0.0989 e. The zero-order chi connectivity index (χ0) is 13.8. The molecular formula is C17H24N2OS. The average molecular weight is 304 g/mol. The van der Waals surface area contributed by atoms with E-state index >= 15 is 0 Å². The van der Waals surface area contributed by atoms with E-state index in [0.29, 0.717) is 24.0 Å². The van der Waals surface area contributed by atoms with Crippen molar-refractivity contribution in [3.8, 4) is 0 Å². The van der Waals surface area contributed by atoms with Crippen LogP contribution in [-0.4, -0.2) is 29.8 Å². The Hall–Kier alpha value is -0.450. The van der Waals surface area contributed by atoms with Crippen LogP contribution >= 0.6 is 11.3 Å². The van der Waals surface area contributed by atoms with Gasteiger partial charge in [0.2, 0.25) is 0 Å². The Kier molecular flexibility index (Phi) is 3.12. The molecule has 0 radical (unpaired) electrons. The van der Waals surface area contributed by atoms with Crippen LogP contribution in [0.2, 0.25) is 0 Å². The Balaban J connectivity index is 1.37. The summed E-state index contributed by atoms with van der Waals surface area (Å²) in [5.41, 5.74) is 1.44. The van der Waals surface area contributed by atoms with Crippen molar-refractivity contribution < 1.29 is 4.74 Å². The monoisotopic (exact) mass is 304 g/mol. The van der Waals surface area contributed by atoms with Gasteiger partial charge in [0.25, 0.3) is 0 Å². The van der Waals surface area contributed by atoms with Crippen LogP contribution in [-0.2, 0) is 11.2 Å². The number of rotatable bonds is 4. The lowest BCUT2D eigenvalue weighted by atomic mass is 9.89. The van der Waals surface area contributed by atoms with Crippen LogP contribution in [0.4, 0.5) is 0 Å². The zero-order valence-electron chi connectivity index (χ0n) is 12.5. The lowest BCUT2D eigenvalue weighted by molar-refractivity contribution is 0.100. The van der Waals surface area contributed by atoms with Gasteiger partial charge in [-0.05, 0) is 51.4 Å². The van der Waals surface area contributed by atoms with Crippen molar-refractivity contribution in [1.82, 2.24) is 10.3 Å². The van der Waals surface area contributed by atoms with Gasteiger partial charge < -0.3 is 10.1 Å². The molecule has 3 nitrogen and oxygen atoms in total. The average Bonchev–Trinajstić information content (AvgIpc) is 2.92. The number of ether oxygens (including phenoxy) is 1. The van der Waals surface area contributed by atoms with E-state index in [0.717, 1.165) is 12.6 Å². The van der Waals surface area contributed by atoms with Crippen LogP contribution in [0.1, 0.15) is 72.4 Å². The first-order valence-electron chi connectivity index (χ1n) is 8.75. The zero-order valence-corrected chi connectivity index (χ0v) is 13.3. The Bertz CT molecular complexity index is 539. The van der Waals surface area contributed by atoms with Crippen molar-refractivity contribution in [3.05, 3.63) is 15.6 Å². The second-order valence-electron chi connectivity index (χ2n) is 7.35. The number of aryl methyl sites for hydroxylation is 1. The molecule has 2 bridgehead atoms. The molecular weight excluding hydrogens is 280 g/mol. The molecule has 2 aliphatic carbocycles. The van der Waals surface area contributed by atoms with Gasteiger partial charge in [-0.1, -0.05) is 0 Å². The minimum Gasteiger partial charge on any atom is -0.374 e. The van der Waals surface area contributed by atoms with Crippen LogP contribution in [0, 0.1) is 0 Å². The summed E-state index contributed by atoms with van der Waals surface area (Å²) < 4.78 is 6.04. The normalized spacial score (nSPS) is 37.9. The summed E-state index contributed by atoms with van der Waals surface area (Å²) >= 11 is 2.01. The number of nitrogens with zero attached hydrogens (tertiary/aromatic N) is 1. The number of hydrogen-bond acceptors (Lipinski definition) is 4. The Morgan fingerprint density at radius 3 is 2.90 bits per heavy atom. The molecule has 21 heavy (non-hydrogen) atoms. The van der Waals surface area contributed by atoms with E-state index in [-0.39, 0.29) is 0 Å². The summed E-state index contributed by atoms with van der Waals surface area (Å²) in [4.78, 5) is 6.71. The summed E-state index contributed by atoms with van der Waals surface area (Å²) in [5, 5.41) is 5.11. The molecule has 0 aromatic carbocycles. The first kappa shape index (κ1) is 13.0. The first-order valence-corrected chi connectivity index (χ1v) is 9.57. The standard InChI is InChI=1S/C17H24N2OS/c1-2-10(9-18-11-4-5-11)16-15(3-1)21-17(19-16)13-8-12-6-7-14(13)20-12/h10-14,18H,1-9H2. The van der Waals surface area contributed by atoms with Crippen molar-refractivity contribution in [1.29, 1.82) is 0 Å². The molecule has 3 fully saturated rings. The number of hydrogen-bond donors (Lipinski definition) is 1. The molecule has 3 heterocycles. The van der Waals surface area contributed by atoms with Crippen molar-refractivity contribution in [3.63, 3.8) is 0 Å². The van der Waals surface area contributed by atoms with E-state index in [1.165, 1.54) is 62.1 Å². The van der Waals surface area contributed by atoms with E-state index < -0.39 is 0 Å². The van der Waals surface area contributed by atoms with Crippen LogP contribution in [0.5, 0.6) is 0 Å². The third-order valence-electron chi connectivity index (χ3n) is 5.74. The SMILES string of the molecule is C1Cc2sc(C3CC4CCC3O4)nc2C(CNC2CC2)C1. The van der Waals surface area contributed by atoms with E-state index in [2.05, 4.69) is 5.32 Å². The summed E-state index contributed by atoms with van der Waals surface area (Å²) in [6, 6.07) is 0.812. The summed E-state index contributed by atoms with van der Waals surface area (Å²) in [6.07, 6.45) is 11.5. The van der Waals surface area contributed by atoms with E-state index in [9.17, 15) is 0 Å². The Labute approximate surface area is 130 Å². The topological polar surface area (TPSA) is 34.1 Å². The fraction of sp³-hybridized carbons (Fsp3) is 0.824. The highest BCUT2D eigenvalue weighted by molar-refractivity contribution is 7.11. The van der Waals surface area contributed by atoms with E-state index in [1.54, 1.807) is 4.88 Å². The molecule has 4 unspecified atom stereocenters. The van der Waals surface area contributed by atoms with Gasteiger partial charge in [-0.2, -0.15) is 0 Å². The predicted octanol–water partition coefficient (Wildman–Crippen LogP) is 3.35. The number of thiazole rings is 1. The molecule has 1 aromatic heterocycles. The maximum absolute atomic E-state index is 6.04. The lowest BCUT2D eigenvalue weighted by Gasteiger charge is -2.21. The summed E-state index contributed by atoms with van der Waals surface area (Å²) in [7, 11) is 0. The molecule has 114 valence electrons. The quantitative estimate of drug-likeness (QED) is 0.926. The fourth-order valence-electron chi connectivity index (χ4n) is 4.38. The summed E-state index contributed by atoms with van der Waals surface area (Å²) in [5.74, 6) is 1.27. The first-order chi connectivity index (χ1) is 10.4. The van der Waals surface area contributed by atoms with Crippen molar-refractivity contribution in [2.24, 2.45) is 0 Å². The van der Waals surface area contributed by atoms with Crippen LogP contribution < -0.4 is 5.32 Å². The molecule has 0 amide bonds. The molecule has 1 aromatic rings. The maximum Gasteiger partial charge on any atom is 0.0989 e. The lowest BCUT2D eigenvalue weighted by Crippen LogP contribution is -2.26. The number of fused-ring (bicyclic) bond motifs is 3. The molecule has 4 heteroatoms. The van der Waals surface area contributed by atoms with Gasteiger partial charge in [-0.3, -0.25) is 0 Å². The van der Waals surface area contributed by atoms with Gasteiger partial charge in [-0.25, -0.2) is 4.98 Å². The Morgan fingerprint density at radius 2 is 2.14 bits per heavy atom. The van der Waals surface area contributed by atoms with Gasteiger partial charge in [0.05, 0.1) is 22.9 Å². The highest BCUT2D eigenvalue weighted by Crippen LogP contribution is 2.47. The third kappa shape index (κ3) is 2.36. The second-order valence-corrected chi connectivity index (χ2v) is 8.46. The molecule has 1 saturated carbocycles. The van der Waals surface area contributed by atoms with Gasteiger partial charge >= 0.3 is 0 Å². The van der Waals surface area contributed by atoms with Gasteiger partial charge in [0.1, 0.15) is 0 Å². The largest absolute Gasteiger partial charge is 0.374 e. The summed E-state index contributed by atoms with van der Waals surface area (Å²) in [6.45, 7) is 1.15. The van der Waals surface area contributed by atoms with Crippen LogP contribution in [0.15, 0.2) is 0 Å². The van der Waals surface area contributed by atoms with Crippen LogP contribution in [0.25, 0.3) is 0 Å². The highest BCUT2D eigenvalue weighted by Gasteiger charge is 2.43. The predicted molar refractivity (Wildman–Crippen MR) is 84.1 cm³/mol. The van der Waals surface area contributed by atoms with Gasteiger partial charge in [-0.15, -0.1) is 11.3 Å².